The molecule has 0 bridgehead atoms. The molecule has 1 amide bonds. The molecule has 160 valence electrons. The van der Waals surface area contributed by atoms with Gasteiger partial charge in [-0.1, -0.05) is 24.3 Å². The average molecular weight is 437 g/mol. The fourth-order valence-electron chi connectivity index (χ4n) is 2.85. The number of methoxy groups -OCH3 is 1. The molecule has 6 nitrogen and oxygen atoms in total. The van der Waals surface area contributed by atoms with Crippen LogP contribution < -0.4 is 14.8 Å². The van der Waals surface area contributed by atoms with E-state index in [-0.39, 0.29) is 10.8 Å². The Morgan fingerprint density at radius 1 is 0.935 bits per heavy atom. The molecule has 7 heteroatoms. The van der Waals surface area contributed by atoms with Gasteiger partial charge in [-0.05, 0) is 79.1 Å². The summed E-state index contributed by atoms with van der Waals surface area (Å²) in [7, 11) is -2.18. The third-order valence-electron chi connectivity index (χ3n) is 4.61. The van der Waals surface area contributed by atoms with Crippen LogP contribution in [-0.2, 0) is 14.8 Å². The highest BCUT2D eigenvalue weighted by Crippen LogP contribution is 2.20. The summed E-state index contributed by atoms with van der Waals surface area (Å²) in [5.41, 5.74) is 3.95. The molecule has 2 N–H and O–H groups in total. The molecule has 0 radical (unpaired) electrons. The molecule has 3 aromatic rings. The van der Waals surface area contributed by atoms with Gasteiger partial charge >= 0.3 is 0 Å². The van der Waals surface area contributed by atoms with Crippen LogP contribution in [0.4, 0.5) is 11.4 Å². The number of carbonyl (C=O) groups is 1. The number of hydrogen-bond acceptors (Lipinski definition) is 4. The molecule has 0 fully saturated rings. The first-order chi connectivity index (χ1) is 14.8. The van der Waals surface area contributed by atoms with Gasteiger partial charge in [-0.15, -0.1) is 0 Å². The first kappa shape index (κ1) is 22.1. The maximum atomic E-state index is 12.6. The van der Waals surface area contributed by atoms with Crippen LogP contribution in [0.3, 0.4) is 0 Å². The van der Waals surface area contributed by atoms with Gasteiger partial charge in [0.15, 0.2) is 0 Å². The van der Waals surface area contributed by atoms with E-state index < -0.39 is 10.0 Å². The Morgan fingerprint density at radius 2 is 1.61 bits per heavy atom. The first-order valence-corrected chi connectivity index (χ1v) is 11.1. The monoisotopic (exact) mass is 436 g/mol. The number of rotatable bonds is 7. The molecule has 0 atom stereocenters. The minimum Gasteiger partial charge on any atom is -0.497 e. The Labute approximate surface area is 182 Å². The summed E-state index contributed by atoms with van der Waals surface area (Å²) >= 11 is 0. The Balaban J connectivity index is 1.65. The molecule has 0 aromatic heterocycles. The third kappa shape index (κ3) is 5.96. The number of amides is 1. The van der Waals surface area contributed by atoms with Crippen molar-refractivity contribution in [1.29, 1.82) is 0 Å². The highest BCUT2D eigenvalue weighted by atomic mass is 32.2. The molecule has 3 rings (SSSR count). The predicted molar refractivity (Wildman–Crippen MR) is 124 cm³/mol. The standard InChI is InChI=1S/C24H24N2O4S/c1-17-4-5-18(2)23(16-17)25-24(27)15-8-19-6-13-22(14-7-19)31(28,29)26-20-9-11-21(30-3)12-10-20/h4-16,26H,1-3H3,(H,25,27)/b15-8+. The Kier molecular flexibility index (Phi) is 6.77. The van der Waals surface area contributed by atoms with Crippen molar-refractivity contribution in [2.45, 2.75) is 18.7 Å². The molecule has 0 aliphatic heterocycles. The van der Waals surface area contributed by atoms with Gasteiger partial charge in [-0.3, -0.25) is 9.52 Å². The maximum Gasteiger partial charge on any atom is 0.261 e. The van der Waals surface area contributed by atoms with Crippen LogP contribution in [-0.4, -0.2) is 21.4 Å². The number of carbonyl (C=O) groups excluding carboxylic acids is 1. The summed E-state index contributed by atoms with van der Waals surface area (Å²) in [4.78, 5) is 12.3. The number of anilines is 2. The Hall–Kier alpha value is -3.58. The molecule has 0 heterocycles. The van der Waals surface area contributed by atoms with Gasteiger partial charge in [-0.2, -0.15) is 0 Å². The number of sulfonamides is 1. The summed E-state index contributed by atoms with van der Waals surface area (Å²) in [6.07, 6.45) is 3.05. The minimum absolute atomic E-state index is 0.125. The van der Waals surface area contributed by atoms with Crippen molar-refractivity contribution in [2.24, 2.45) is 0 Å². The van der Waals surface area contributed by atoms with Gasteiger partial charge in [-0.25, -0.2) is 8.42 Å². The van der Waals surface area contributed by atoms with Gasteiger partial charge in [0.05, 0.1) is 12.0 Å². The SMILES string of the molecule is COc1ccc(NS(=O)(=O)c2ccc(/C=C/C(=O)Nc3cc(C)ccc3C)cc2)cc1. The van der Waals surface area contributed by atoms with E-state index in [1.807, 2.05) is 32.0 Å². The second-order valence-electron chi connectivity index (χ2n) is 7.04. The van der Waals surface area contributed by atoms with Gasteiger partial charge in [0, 0.05) is 17.5 Å². The summed E-state index contributed by atoms with van der Waals surface area (Å²) in [5.74, 6) is 0.382. The fourth-order valence-corrected chi connectivity index (χ4v) is 3.91. The molecule has 0 spiro atoms. The normalized spacial score (nSPS) is 11.3. The van der Waals surface area contributed by atoms with E-state index in [1.165, 1.54) is 18.2 Å². The lowest BCUT2D eigenvalue weighted by Gasteiger charge is -2.09. The van der Waals surface area contributed by atoms with Crippen LogP contribution in [0, 0.1) is 13.8 Å². The van der Waals surface area contributed by atoms with Crippen molar-refractivity contribution in [1.82, 2.24) is 0 Å². The summed E-state index contributed by atoms with van der Waals surface area (Å²) in [5, 5.41) is 2.85. The number of ether oxygens (including phenoxy) is 1. The molecule has 0 saturated carbocycles. The Bertz CT molecular complexity index is 1200. The topological polar surface area (TPSA) is 84.5 Å². The number of hydrogen-bond donors (Lipinski definition) is 2. The highest BCUT2D eigenvalue weighted by molar-refractivity contribution is 7.92. The zero-order valence-electron chi connectivity index (χ0n) is 17.5. The molecular weight excluding hydrogens is 412 g/mol. The highest BCUT2D eigenvalue weighted by Gasteiger charge is 2.14. The lowest BCUT2D eigenvalue weighted by molar-refractivity contribution is -0.111. The van der Waals surface area contributed by atoms with Crippen LogP contribution in [0.5, 0.6) is 5.75 Å². The summed E-state index contributed by atoms with van der Waals surface area (Å²) < 4.78 is 32.7. The zero-order valence-corrected chi connectivity index (χ0v) is 18.4. The number of benzene rings is 3. The van der Waals surface area contributed by atoms with E-state index in [0.29, 0.717) is 17.0 Å². The Morgan fingerprint density at radius 3 is 2.26 bits per heavy atom. The van der Waals surface area contributed by atoms with Crippen LogP contribution in [0.25, 0.3) is 6.08 Å². The lowest BCUT2D eigenvalue weighted by Crippen LogP contribution is -2.12. The van der Waals surface area contributed by atoms with Crippen molar-refractivity contribution >= 4 is 33.4 Å². The zero-order chi connectivity index (χ0) is 22.4. The quantitative estimate of drug-likeness (QED) is 0.523. The van der Waals surface area contributed by atoms with Crippen molar-refractivity contribution in [2.75, 3.05) is 17.1 Å². The van der Waals surface area contributed by atoms with E-state index in [0.717, 1.165) is 16.8 Å². The molecule has 0 unspecified atom stereocenters. The van der Waals surface area contributed by atoms with Crippen LogP contribution in [0.2, 0.25) is 0 Å². The van der Waals surface area contributed by atoms with Crippen LogP contribution in [0.15, 0.2) is 77.7 Å². The minimum atomic E-state index is -3.72. The lowest BCUT2D eigenvalue weighted by atomic mass is 10.1. The van der Waals surface area contributed by atoms with Crippen molar-refractivity contribution in [3.63, 3.8) is 0 Å². The number of nitrogens with one attached hydrogen (secondary N) is 2. The van der Waals surface area contributed by atoms with Gasteiger partial charge < -0.3 is 10.1 Å². The van der Waals surface area contributed by atoms with E-state index in [9.17, 15) is 13.2 Å². The molecule has 0 saturated heterocycles. The second-order valence-corrected chi connectivity index (χ2v) is 8.73. The maximum absolute atomic E-state index is 12.6. The summed E-state index contributed by atoms with van der Waals surface area (Å²) in [6.45, 7) is 3.89. The third-order valence-corrected chi connectivity index (χ3v) is 6.01. The van der Waals surface area contributed by atoms with E-state index >= 15 is 0 Å². The van der Waals surface area contributed by atoms with Crippen molar-refractivity contribution in [3.05, 3.63) is 89.5 Å². The van der Waals surface area contributed by atoms with Gasteiger partial charge in [0.25, 0.3) is 10.0 Å². The smallest absolute Gasteiger partial charge is 0.261 e. The van der Waals surface area contributed by atoms with E-state index in [2.05, 4.69) is 10.0 Å². The predicted octanol–water partition coefficient (Wildman–Crippen LogP) is 4.76. The largest absolute Gasteiger partial charge is 0.497 e. The average Bonchev–Trinajstić information content (AvgIpc) is 2.75. The van der Waals surface area contributed by atoms with Crippen LogP contribution >= 0.6 is 0 Å². The van der Waals surface area contributed by atoms with Crippen LogP contribution in [0.1, 0.15) is 16.7 Å². The number of aryl methyl sites for hydroxylation is 2. The molecule has 0 aliphatic carbocycles. The van der Waals surface area contributed by atoms with E-state index in [1.54, 1.807) is 49.6 Å². The fraction of sp³-hybridized carbons (Fsp3) is 0.125. The summed E-state index contributed by atoms with van der Waals surface area (Å²) in [6, 6.07) is 18.7. The molecule has 3 aromatic carbocycles. The molecule has 31 heavy (non-hydrogen) atoms. The van der Waals surface area contributed by atoms with E-state index in [4.69, 9.17) is 4.74 Å². The van der Waals surface area contributed by atoms with Gasteiger partial charge in [0.2, 0.25) is 5.91 Å². The second kappa shape index (κ2) is 9.49. The van der Waals surface area contributed by atoms with Gasteiger partial charge in [0.1, 0.15) is 5.75 Å². The van der Waals surface area contributed by atoms with Crippen molar-refractivity contribution < 1.29 is 17.9 Å². The molecule has 0 aliphatic rings. The molecular formula is C24H24N2O4S. The van der Waals surface area contributed by atoms with Crippen molar-refractivity contribution in [3.8, 4) is 5.75 Å². The first-order valence-electron chi connectivity index (χ1n) is 9.60.